The van der Waals surface area contributed by atoms with Crippen LogP contribution in [0.5, 0.6) is 0 Å². The van der Waals surface area contributed by atoms with Gasteiger partial charge in [0.1, 0.15) is 6.54 Å². The molecular weight excluding hydrogens is 434 g/mol. The topological polar surface area (TPSA) is 69.7 Å². The molecule has 1 unspecified atom stereocenters. The van der Waals surface area contributed by atoms with Gasteiger partial charge in [-0.2, -0.15) is 0 Å². The van der Waals surface area contributed by atoms with E-state index >= 15 is 0 Å². The second-order valence-corrected chi connectivity index (χ2v) is 9.49. The molecule has 1 N–H and O–H groups in total. The first-order valence-corrected chi connectivity index (χ1v) is 11.7. The second kappa shape index (κ2) is 8.08. The maximum atomic E-state index is 14.0. The SMILES string of the molecule is Cc1ccc(N2C(=O)CSC23C(=O)N(CC(=O)Nc2cccc(C)c2)c2ccccc23)cc1. The summed E-state index contributed by atoms with van der Waals surface area (Å²) in [5.74, 6) is -0.508. The molecule has 3 aromatic rings. The lowest BCUT2D eigenvalue weighted by Crippen LogP contribution is -2.50. The van der Waals surface area contributed by atoms with Gasteiger partial charge < -0.3 is 5.32 Å². The van der Waals surface area contributed by atoms with E-state index in [9.17, 15) is 14.4 Å². The van der Waals surface area contributed by atoms with Crippen LogP contribution in [-0.2, 0) is 19.3 Å². The summed E-state index contributed by atoms with van der Waals surface area (Å²) in [4.78, 5) is 41.8. The van der Waals surface area contributed by atoms with Crippen molar-refractivity contribution in [3.8, 4) is 0 Å². The molecule has 0 aliphatic carbocycles. The minimum absolute atomic E-state index is 0.127. The minimum Gasteiger partial charge on any atom is -0.325 e. The van der Waals surface area contributed by atoms with Crippen molar-refractivity contribution in [2.45, 2.75) is 18.7 Å². The lowest BCUT2D eigenvalue weighted by atomic mass is 10.0. The van der Waals surface area contributed by atoms with E-state index in [4.69, 9.17) is 0 Å². The zero-order valence-corrected chi connectivity index (χ0v) is 19.2. The first-order chi connectivity index (χ1) is 15.9. The fourth-order valence-electron chi connectivity index (χ4n) is 4.47. The Morgan fingerprint density at radius 3 is 2.48 bits per heavy atom. The van der Waals surface area contributed by atoms with Crippen molar-refractivity contribution in [2.24, 2.45) is 0 Å². The summed E-state index contributed by atoms with van der Waals surface area (Å²) in [7, 11) is 0. The number of hydrogen-bond donors (Lipinski definition) is 1. The van der Waals surface area contributed by atoms with Gasteiger partial charge in [0.05, 0.1) is 11.4 Å². The van der Waals surface area contributed by atoms with Gasteiger partial charge in [-0.15, -0.1) is 11.8 Å². The van der Waals surface area contributed by atoms with Crippen molar-refractivity contribution in [2.75, 3.05) is 27.4 Å². The number of rotatable bonds is 4. The average Bonchev–Trinajstić information content (AvgIpc) is 3.26. The van der Waals surface area contributed by atoms with Crippen molar-refractivity contribution >= 4 is 46.5 Å². The molecule has 1 fully saturated rings. The highest BCUT2D eigenvalue weighted by Crippen LogP contribution is 2.55. The Morgan fingerprint density at radius 1 is 0.970 bits per heavy atom. The molecule has 2 heterocycles. The Balaban J connectivity index is 1.51. The van der Waals surface area contributed by atoms with Gasteiger partial charge in [-0.25, -0.2) is 0 Å². The number of para-hydroxylation sites is 1. The maximum Gasteiger partial charge on any atom is 0.269 e. The van der Waals surface area contributed by atoms with Crippen molar-refractivity contribution in [1.29, 1.82) is 0 Å². The standard InChI is InChI=1S/C26H23N3O3S/c1-17-10-12-20(13-11-17)29-24(31)16-33-26(29)21-8-3-4-9-22(21)28(25(26)32)15-23(30)27-19-7-5-6-18(2)14-19/h3-14H,15-16H2,1-2H3,(H,27,30). The molecule has 1 saturated heterocycles. The molecule has 0 aromatic heterocycles. The van der Waals surface area contributed by atoms with Gasteiger partial charge in [0.2, 0.25) is 16.7 Å². The molecule has 6 nitrogen and oxygen atoms in total. The third kappa shape index (κ3) is 3.49. The summed E-state index contributed by atoms with van der Waals surface area (Å²) in [6.45, 7) is 3.79. The van der Waals surface area contributed by atoms with Gasteiger partial charge in [-0.3, -0.25) is 24.2 Å². The molecule has 33 heavy (non-hydrogen) atoms. The molecule has 1 spiro atoms. The highest BCUT2D eigenvalue weighted by molar-refractivity contribution is 8.02. The number of fused-ring (bicyclic) bond motifs is 2. The summed E-state index contributed by atoms with van der Waals surface area (Å²) < 4.78 is 0. The van der Waals surface area contributed by atoms with Crippen LogP contribution in [0, 0.1) is 13.8 Å². The molecule has 3 amide bonds. The maximum absolute atomic E-state index is 14.0. The van der Waals surface area contributed by atoms with Crippen LogP contribution >= 0.6 is 11.8 Å². The summed E-state index contributed by atoms with van der Waals surface area (Å²) in [6.07, 6.45) is 0. The number of nitrogens with one attached hydrogen (secondary N) is 1. The van der Waals surface area contributed by atoms with Gasteiger partial charge in [0, 0.05) is 16.9 Å². The van der Waals surface area contributed by atoms with E-state index in [0.29, 0.717) is 17.1 Å². The summed E-state index contributed by atoms with van der Waals surface area (Å²) >= 11 is 1.31. The first kappa shape index (κ1) is 21.3. The molecule has 7 heteroatoms. The molecule has 0 radical (unpaired) electrons. The summed E-state index contributed by atoms with van der Waals surface area (Å²) in [6, 6.07) is 22.5. The van der Waals surface area contributed by atoms with Gasteiger partial charge in [0.15, 0.2) is 0 Å². The quantitative estimate of drug-likeness (QED) is 0.637. The van der Waals surface area contributed by atoms with Crippen molar-refractivity contribution in [3.05, 3.63) is 89.5 Å². The number of aryl methyl sites for hydroxylation is 2. The Kier molecular flexibility index (Phi) is 5.21. The number of benzene rings is 3. The predicted molar refractivity (Wildman–Crippen MR) is 131 cm³/mol. The van der Waals surface area contributed by atoms with Gasteiger partial charge in [0.25, 0.3) is 5.91 Å². The third-order valence-electron chi connectivity index (χ3n) is 5.96. The van der Waals surface area contributed by atoms with E-state index in [-0.39, 0.29) is 30.0 Å². The van der Waals surface area contributed by atoms with Crippen LogP contribution in [-0.4, -0.2) is 30.0 Å². The zero-order chi connectivity index (χ0) is 23.2. The zero-order valence-electron chi connectivity index (χ0n) is 18.4. The van der Waals surface area contributed by atoms with E-state index in [1.54, 1.807) is 4.90 Å². The van der Waals surface area contributed by atoms with E-state index in [1.807, 2.05) is 86.6 Å². The number of thioether (sulfide) groups is 1. The van der Waals surface area contributed by atoms with E-state index in [2.05, 4.69) is 5.32 Å². The number of carbonyl (C=O) groups is 3. The molecule has 166 valence electrons. The number of carbonyl (C=O) groups excluding carboxylic acids is 3. The monoisotopic (exact) mass is 457 g/mol. The van der Waals surface area contributed by atoms with Crippen molar-refractivity contribution < 1.29 is 14.4 Å². The molecular formula is C26H23N3O3S. The fraction of sp³-hybridized carbons (Fsp3) is 0.192. The molecule has 1 atom stereocenters. The van der Waals surface area contributed by atoms with Crippen LogP contribution in [0.15, 0.2) is 72.8 Å². The number of nitrogens with zero attached hydrogens (tertiary/aromatic N) is 2. The van der Waals surface area contributed by atoms with Crippen molar-refractivity contribution in [3.63, 3.8) is 0 Å². The largest absolute Gasteiger partial charge is 0.325 e. The molecule has 2 aliphatic heterocycles. The van der Waals surface area contributed by atoms with Gasteiger partial charge >= 0.3 is 0 Å². The second-order valence-electron chi connectivity index (χ2n) is 8.32. The minimum atomic E-state index is -1.22. The Labute approximate surface area is 196 Å². The smallest absolute Gasteiger partial charge is 0.269 e. The van der Waals surface area contributed by atoms with Crippen LogP contribution in [0.3, 0.4) is 0 Å². The van der Waals surface area contributed by atoms with Crippen molar-refractivity contribution in [1.82, 2.24) is 0 Å². The van der Waals surface area contributed by atoms with Crippen LogP contribution < -0.4 is 15.1 Å². The van der Waals surface area contributed by atoms with Crippen LogP contribution in [0.25, 0.3) is 0 Å². The van der Waals surface area contributed by atoms with Crippen LogP contribution in [0.1, 0.15) is 16.7 Å². The van der Waals surface area contributed by atoms with E-state index < -0.39 is 4.87 Å². The molecule has 0 saturated carbocycles. The molecule has 3 aromatic carbocycles. The average molecular weight is 458 g/mol. The van der Waals surface area contributed by atoms with E-state index in [0.717, 1.165) is 16.7 Å². The summed E-state index contributed by atoms with van der Waals surface area (Å²) in [5.41, 5.74) is 4.84. The number of amides is 3. The Bertz CT molecular complexity index is 1270. The molecule has 5 rings (SSSR count). The highest BCUT2D eigenvalue weighted by Gasteiger charge is 2.61. The Hall–Kier alpha value is -3.58. The molecule has 0 bridgehead atoms. The Morgan fingerprint density at radius 2 is 1.73 bits per heavy atom. The van der Waals surface area contributed by atoms with Gasteiger partial charge in [-0.1, -0.05) is 48.0 Å². The lowest BCUT2D eigenvalue weighted by molar-refractivity contribution is -0.124. The highest BCUT2D eigenvalue weighted by atomic mass is 32.2. The van der Waals surface area contributed by atoms with Gasteiger partial charge in [-0.05, 0) is 49.7 Å². The third-order valence-corrected chi connectivity index (χ3v) is 7.35. The number of anilines is 3. The summed E-state index contributed by atoms with van der Waals surface area (Å²) in [5, 5.41) is 2.88. The lowest BCUT2D eigenvalue weighted by Gasteiger charge is -2.33. The molecule has 2 aliphatic rings. The predicted octanol–water partition coefficient (Wildman–Crippen LogP) is 4.22. The number of hydrogen-bond acceptors (Lipinski definition) is 4. The fourth-order valence-corrected chi connectivity index (χ4v) is 5.83. The van der Waals surface area contributed by atoms with Crippen LogP contribution in [0.4, 0.5) is 17.1 Å². The van der Waals surface area contributed by atoms with Crippen LogP contribution in [0.2, 0.25) is 0 Å². The normalized spacial score (nSPS) is 19.3. The first-order valence-electron chi connectivity index (χ1n) is 10.7. The van der Waals surface area contributed by atoms with E-state index in [1.165, 1.54) is 16.7 Å².